The summed E-state index contributed by atoms with van der Waals surface area (Å²) in [4.78, 5) is 24.9. The Morgan fingerprint density at radius 1 is 1.27 bits per heavy atom. The molecule has 0 amide bonds. The first kappa shape index (κ1) is 17.7. The minimum atomic E-state index is -0.726. The summed E-state index contributed by atoms with van der Waals surface area (Å²) < 4.78 is 0. The molecule has 2 N–H and O–H groups in total. The number of rotatable bonds is 5. The van der Waals surface area contributed by atoms with Crippen molar-refractivity contribution in [2.75, 3.05) is 19.4 Å². The van der Waals surface area contributed by atoms with E-state index in [9.17, 15) is 9.90 Å². The molecule has 0 aromatic carbocycles. The third-order valence-corrected chi connectivity index (χ3v) is 7.09. The summed E-state index contributed by atoms with van der Waals surface area (Å²) in [5.74, 6) is 0.265. The molecule has 7 heteroatoms. The molecule has 0 saturated heterocycles. The van der Waals surface area contributed by atoms with E-state index in [0.29, 0.717) is 12.1 Å². The second-order valence-corrected chi connectivity index (χ2v) is 8.87. The largest absolute Gasteiger partial charge is 0.481 e. The minimum Gasteiger partial charge on any atom is -0.481 e. The van der Waals surface area contributed by atoms with Crippen molar-refractivity contribution in [2.45, 2.75) is 62.9 Å². The van der Waals surface area contributed by atoms with E-state index in [2.05, 4.69) is 34.3 Å². The molecule has 2 heterocycles. The Morgan fingerprint density at radius 2 is 2.04 bits per heavy atom. The zero-order valence-electron chi connectivity index (χ0n) is 15.4. The number of carboxylic acids is 1. The lowest BCUT2D eigenvalue weighted by atomic mass is 9.90. The summed E-state index contributed by atoms with van der Waals surface area (Å²) in [6.45, 7) is 0. The van der Waals surface area contributed by atoms with Crippen LogP contribution >= 0.6 is 11.3 Å². The Morgan fingerprint density at radius 3 is 2.73 bits per heavy atom. The van der Waals surface area contributed by atoms with Crippen LogP contribution in [0.25, 0.3) is 10.2 Å². The number of aryl methyl sites for hydroxylation is 1. The Balaban J connectivity index is 1.59. The third-order valence-electron chi connectivity index (χ3n) is 5.92. The van der Waals surface area contributed by atoms with Gasteiger partial charge in [-0.05, 0) is 64.1 Å². The third kappa shape index (κ3) is 3.30. The number of hydrogen-bond donors (Lipinski definition) is 2. The van der Waals surface area contributed by atoms with Crippen LogP contribution in [0, 0.1) is 0 Å². The van der Waals surface area contributed by atoms with Crippen molar-refractivity contribution >= 4 is 33.3 Å². The van der Waals surface area contributed by atoms with Gasteiger partial charge in [-0.15, -0.1) is 11.3 Å². The molecular weight excluding hydrogens is 348 g/mol. The van der Waals surface area contributed by atoms with Gasteiger partial charge in [-0.25, -0.2) is 9.97 Å². The molecule has 1 unspecified atom stereocenters. The number of nitrogens with zero attached hydrogens (tertiary/aromatic N) is 3. The first-order chi connectivity index (χ1) is 12.5. The zero-order valence-corrected chi connectivity index (χ0v) is 16.2. The normalized spacial score (nSPS) is 25.6. The average Bonchev–Trinajstić information content (AvgIpc) is 3.15. The molecule has 2 aromatic rings. The van der Waals surface area contributed by atoms with Gasteiger partial charge in [0.1, 0.15) is 17.0 Å². The molecular formula is C19H26N4O2S. The monoisotopic (exact) mass is 374 g/mol. The molecule has 1 fully saturated rings. The highest BCUT2D eigenvalue weighted by molar-refractivity contribution is 7.19. The lowest BCUT2D eigenvalue weighted by Crippen LogP contribution is -2.36. The number of nitrogens with one attached hydrogen (secondary N) is 1. The van der Waals surface area contributed by atoms with E-state index in [1.165, 1.54) is 23.3 Å². The number of carbonyl (C=O) groups is 1. The maximum Gasteiger partial charge on any atom is 0.303 e. The van der Waals surface area contributed by atoms with Crippen LogP contribution in [0.15, 0.2) is 6.33 Å². The quantitative estimate of drug-likeness (QED) is 0.834. The minimum absolute atomic E-state index is 0.0901. The number of carboxylic acid groups (broad SMARTS) is 1. The standard InChI is InChI=1S/C19H26N4O2S/c1-23(2)13-6-4-12(5-7-13)22-18-17-16-11(9-15(24)25)3-8-14(16)26-19(17)21-10-20-18/h10-13H,3-9H2,1-2H3,(H,24,25)(H,20,21,22). The lowest BCUT2D eigenvalue weighted by molar-refractivity contribution is -0.137. The summed E-state index contributed by atoms with van der Waals surface area (Å²) in [7, 11) is 4.31. The highest BCUT2D eigenvalue weighted by atomic mass is 32.1. The van der Waals surface area contributed by atoms with E-state index in [1.54, 1.807) is 17.7 Å². The molecule has 140 valence electrons. The number of thiophene rings is 1. The van der Waals surface area contributed by atoms with Gasteiger partial charge in [0, 0.05) is 17.0 Å². The summed E-state index contributed by atoms with van der Waals surface area (Å²) >= 11 is 1.71. The van der Waals surface area contributed by atoms with Crippen molar-refractivity contribution in [3.63, 3.8) is 0 Å². The van der Waals surface area contributed by atoms with Gasteiger partial charge in [0.15, 0.2) is 0 Å². The number of fused-ring (bicyclic) bond motifs is 3. The highest BCUT2D eigenvalue weighted by Gasteiger charge is 2.31. The van der Waals surface area contributed by atoms with Crippen LogP contribution in [-0.4, -0.2) is 52.1 Å². The molecule has 0 radical (unpaired) electrons. The average molecular weight is 375 g/mol. The summed E-state index contributed by atoms with van der Waals surface area (Å²) in [5, 5.41) is 14.0. The Labute approximate surface area is 157 Å². The van der Waals surface area contributed by atoms with Crippen LogP contribution in [0.5, 0.6) is 0 Å². The number of anilines is 1. The van der Waals surface area contributed by atoms with Crippen molar-refractivity contribution in [3.05, 3.63) is 16.8 Å². The van der Waals surface area contributed by atoms with Gasteiger partial charge in [0.2, 0.25) is 0 Å². The number of aliphatic carboxylic acids is 1. The molecule has 2 aromatic heterocycles. The molecule has 26 heavy (non-hydrogen) atoms. The van der Waals surface area contributed by atoms with E-state index >= 15 is 0 Å². The summed E-state index contributed by atoms with van der Waals surface area (Å²) in [6, 6.07) is 1.10. The molecule has 0 aliphatic heterocycles. The molecule has 1 atom stereocenters. The van der Waals surface area contributed by atoms with Crippen molar-refractivity contribution in [3.8, 4) is 0 Å². The van der Waals surface area contributed by atoms with E-state index in [1.807, 2.05) is 0 Å². The van der Waals surface area contributed by atoms with Gasteiger partial charge in [-0.2, -0.15) is 0 Å². The molecule has 2 aliphatic carbocycles. The fourth-order valence-electron chi connectivity index (χ4n) is 4.52. The predicted molar refractivity (Wildman–Crippen MR) is 104 cm³/mol. The zero-order chi connectivity index (χ0) is 18.3. The highest BCUT2D eigenvalue weighted by Crippen LogP contribution is 2.46. The molecule has 4 rings (SSSR count). The molecule has 0 bridgehead atoms. The van der Waals surface area contributed by atoms with Crippen molar-refractivity contribution < 1.29 is 9.90 Å². The van der Waals surface area contributed by atoms with Crippen LogP contribution in [0.1, 0.15) is 54.9 Å². The topological polar surface area (TPSA) is 78.3 Å². The van der Waals surface area contributed by atoms with Crippen molar-refractivity contribution in [1.82, 2.24) is 14.9 Å². The van der Waals surface area contributed by atoms with Gasteiger partial charge in [0.25, 0.3) is 0 Å². The van der Waals surface area contributed by atoms with Crippen molar-refractivity contribution in [2.24, 2.45) is 0 Å². The van der Waals surface area contributed by atoms with Gasteiger partial charge in [-0.1, -0.05) is 0 Å². The van der Waals surface area contributed by atoms with E-state index in [4.69, 9.17) is 0 Å². The maximum absolute atomic E-state index is 11.3. The smallest absolute Gasteiger partial charge is 0.303 e. The Hall–Kier alpha value is -1.73. The van der Waals surface area contributed by atoms with Crippen LogP contribution in [0.3, 0.4) is 0 Å². The lowest BCUT2D eigenvalue weighted by Gasteiger charge is -2.33. The second kappa shape index (κ2) is 7.12. The van der Waals surface area contributed by atoms with E-state index < -0.39 is 5.97 Å². The van der Waals surface area contributed by atoms with Crippen molar-refractivity contribution in [1.29, 1.82) is 0 Å². The second-order valence-electron chi connectivity index (χ2n) is 7.79. The summed E-state index contributed by atoms with van der Waals surface area (Å²) in [5.41, 5.74) is 1.19. The number of hydrogen-bond acceptors (Lipinski definition) is 6. The first-order valence-corrected chi connectivity index (χ1v) is 10.3. The van der Waals surface area contributed by atoms with Gasteiger partial charge in [-0.3, -0.25) is 4.79 Å². The fraction of sp³-hybridized carbons (Fsp3) is 0.632. The van der Waals surface area contributed by atoms with Crippen LogP contribution in [0.2, 0.25) is 0 Å². The summed E-state index contributed by atoms with van der Waals surface area (Å²) in [6.07, 6.45) is 8.38. The van der Waals surface area contributed by atoms with Gasteiger partial charge in [0.05, 0.1) is 11.8 Å². The van der Waals surface area contributed by atoms with Crippen LogP contribution < -0.4 is 5.32 Å². The van der Waals surface area contributed by atoms with Crippen LogP contribution in [-0.2, 0) is 11.2 Å². The van der Waals surface area contributed by atoms with E-state index in [-0.39, 0.29) is 12.3 Å². The molecule has 6 nitrogen and oxygen atoms in total. The van der Waals surface area contributed by atoms with E-state index in [0.717, 1.165) is 41.7 Å². The fourth-order valence-corrected chi connectivity index (χ4v) is 5.76. The molecule has 2 aliphatic rings. The molecule has 1 saturated carbocycles. The SMILES string of the molecule is CN(C)C1CCC(Nc2ncnc3sc4c(c23)C(CC(=O)O)CC4)CC1. The number of aromatic nitrogens is 2. The predicted octanol–water partition coefficient (Wildman–Crippen LogP) is 3.48. The van der Waals surface area contributed by atoms with Gasteiger partial charge < -0.3 is 15.3 Å². The molecule has 0 spiro atoms. The Bertz CT molecular complexity index is 811. The van der Waals surface area contributed by atoms with Crippen LogP contribution in [0.4, 0.5) is 5.82 Å². The van der Waals surface area contributed by atoms with Gasteiger partial charge >= 0.3 is 5.97 Å². The Kier molecular flexibility index (Phi) is 4.84. The maximum atomic E-state index is 11.3. The first-order valence-electron chi connectivity index (χ1n) is 9.44.